The predicted molar refractivity (Wildman–Crippen MR) is 85.3 cm³/mol. The van der Waals surface area contributed by atoms with Crippen LogP contribution in [-0.4, -0.2) is 40.6 Å². The zero-order valence-corrected chi connectivity index (χ0v) is 14.4. The molecule has 0 saturated carbocycles. The third-order valence-electron chi connectivity index (χ3n) is 4.13. The smallest absolute Gasteiger partial charge is 0.252 e. The van der Waals surface area contributed by atoms with Gasteiger partial charge in [0.05, 0.1) is 0 Å². The Morgan fingerprint density at radius 1 is 1.41 bits per heavy atom. The summed E-state index contributed by atoms with van der Waals surface area (Å²) < 4.78 is 29.5. The van der Waals surface area contributed by atoms with Crippen LogP contribution in [0.1, 0.15) is 23.3 Å². The molecule has 0 spiro atoms. The monoisotopic (exact) mass is 340 g/mol. The number of hydrogen-bond donors (Lipinski definition) is 0. The van der Waals surface area contributed by atoms with Gasteiger partial charge in [-0.3, -0.25) is 4.68 Å². The maximum atomic E-state index is 12.8. The summed E-state index contributed by atoms with van der Waals surface area (Å²) in [6.45, 7) is 5.79. The van der Waals surface area contributed by atoms with E-state index in [2.05, 4.69) is 10.1 Å². The van der Waals surface area contributed by atoms with Crippen molar-refractivity contribution in [2.24, 2.45) is 5.92 Å². The summed E-state index contributed by atoms with van der Waals surface area (Å²) in [4.78, 5) is 5.00. The molecule has 8 heteroatoms. The van der Waals surface area contributed by atoms with Gasteiger partial charge in [0.2, 0.25) is 0 Å². The summed E-state index contributed by atoms with van der Waals surface area (Å²) in [5, 5.41) is 4.11. The van der Waals surface area contributed by atoms with E-state index in [4.69, 9.17) is 0 Å². The fraction of sp³-hybridized carbons (Fsp3) is 0.571. The van der Waals surface area contributed by atoms with Gasteiger partial charge in [-0.1, -0.05) is 0 Å². The Kier molecular flexibility index (Phi) is 4.33. The lowest BCUT2D eigenvalue weighted by atomic mass is 10.00. The van der Waals surface area contributed by atoms with Crippen LogP contribution in [0.15, 0.2) is 22.9 Å². The van der Waals surface area contributed by atoms with E-state index in [-0.39, 0.29) is 5.92 Å². The van der Waals surface area contributed by atoms with Crippen LogP contribution in [0.4, 0.5) is 0 Å². The van der Waals surface area contributed by atoms with Crippen LogP contribution in [0, 0.1) is 19.8 Å². The highest BCUT2D eigenvalue weighted by Crippen LogP contribution is 2.30. The number of aryl methyl sites for hydroxylation is 2. The first-order valence-electron chi connectivity index (χ1n) is 7.36. The van der Waals surface area contributed by atoms with E-state index >= 15 is 0 Å². The highest BCUT2D eigenvalue weighted by atomic mass is 32.2. The van der Waals surface area contributed by atoms with E-state index < -0.39 is 10.0 Å². The van der Waals surface area contributed by atoms with Crippen molar-refractivity contribution in [2.45, 2.75) is 37.4 Å². The highest BCUT2D eigenvalue weighted by Gasteiger charge is 2.31. The van der Waals surface area contributed by atoms with Crippen LogP contribution < -0.4 is 0 Å². The van der Waals surface area contributed by atoms with Crippen molar-refractivity contribution < 1.29 is 8.42 Å². The normalized spacial score (nSPS) is 20.4. The Labute approximate surface area is 134 Å². The molecular formula is C14H20N4O2S2. The second-order valence-electron chi connectivity index (χ2n) is 5.79. The third kappa shape index (κ3) is 3.09. The first kappa shape index (κ1) is 15.6. The van der Waals surface area contributed by atoms with Gasteiger partial charge in [-0.25, -0.2) is 13.4 Å². The molecule has 0 unspecified atom stereocenters. The Hall–Kier alpha value is -1.25. The van der Waals surface area contributed by atoms with E-state index in [0.717, 1.165) is 23.3 Å². The fourth-order valence-electron chi connectivity index (χ4n) is 2.78. The van der Waals surface area contributed by atoms with Crippen LogP contribution in [0.25, 0.3) is 0 Å². The Balaban J connectivity index is 1.76. The summed E-state index contributed by atoms with van der Waals surface area (Å²) in [6, 6.07) is 1.79. The van der Waals surface area contributed by atoms with Crippen LogP contribution in [0.2, 0.25) is 0 Å². The SMILES string of the molecule is Cc1cc(S(=O)(=O)N2CCC[C@H](Cn3cncn3)C2)sc1C. The van der Waals surface area contributed by atoms with Crippen LogP contribution >= 0.6 is 11.3 Å². The molecule has 1 aliphatic rings. The number of hydrogen-bond acceptors (Lipinski definition) is 5. The minimum atomic E-state index is -3.37. The van der Waals surface area contributed by atoms with Crippen LogP contribution in [0.3, 0.4) is 0 Å². The molecule has 22 heavy (non-hydrogen) atoms. The molecule has 2 aromatic rings. The molecular weight excluding hydrogens is 320 g/mol. The van der Waals surface area contributed by atoms with Crippen LogP contribution in [-0.2, 0) is 16.6 Å². The quantitative estimate of drug-likeness (QED) is 0.854. The van der Waals surface area contributed by atoms with Gasteiger partial charge in [0.1, 0.15) is 16.9 Å². The molecule has 2 aromatic heterocycles. The van der Waals surface area contributed by atoms with E-state index in [0.29, 0.717) is 23.8 Å². The number of aromatic nitrogens is 3. The summed E-state index contributed by atoms with van der Waals surface area (Å²) in [6.07, 6.45) is 5.10. The zero-order chi connectivity index (χ0) is 15.7. The molecule has 0 radical (unpaired) electrons. The molecule has 0 amide bonds. The van der Waals surface area contributed by atoms with Gasteiger partial charge in [-0.05, 0) is 44.2 Å². The molecule has 1 aliphatic heterocycles. The van der Waals surface area contributed by atoms with Gasteiger partial charge in [-0.2, -0.15) is 9.40 Å². The first-order chi connectivity index (χ1) is 10.5. The van der Waals surface area contributed by atoms with Crippen molar-refractivity contribution in [1.29, 1.82) is 0 Å². The predicted octanol–water partition coefficient (Wildman–Crippen LogP) is 2.06. The number of thiophene rings is 1. The summed E-state index contributed by atoms with van der Waals surface area (Å²) in [5.74, 6) is 0.285. The number of sulfonamides is 1. The van der Waals surface area contributed by atoms with E-state index in [1.165, 1.54) is 17.7 Å². The third-order valence-corrected chi connectivity index (χ3v) is 7.60. The molecule has 3 heterocycles. The molecule has 1 atom stereocenters. The molecule has 1 saturated heterocycles. The summed E-state index contributed by atoms with van der Waals surface area (Å²) >= 11 is 1.36. The van der Waals surface area contributed by atoms with Gasteiger partial charge in [0.15, 0.2) is 0 Å². The standard InChI is InChI=1S/C14H20N4O2S2/c1-11-6-14(21-12(11)2)22(19,20)18-5-3-4-13(8-18)7-17-10-15-9-16-17/h6,9-10,13H,3-5,7-8H2,1-2H3/t13-/m1/s1. The summed E-state index contributed by atoms with van der Waals surface area (Å²) in [5.41, 5.74) is 1.04. The lowest BCUT2D eigenvalue weighted by Crippen LogP contribution is -2.40. The van der Waals surface area contributed by atoms with Crippen molar-refractivity contribution in [1.82, 2.24) is 19.1 Å². The van der Waals surface area contributed by atoms with E-state index in [1.54, 1.807) is 21.4 Å². The number of nitrogens with zero attached hydrogens (tertiary/aromatic N) is 4. The Bertz CT molecular complexity index is 717. The van der Waals surface area contributed by atoms with E-state index in [1.807, 2.05) is 13.8 Å². The lowest BCUT2D eigenvalue weighted by molar-refractivity contribution is 0.240. The van der Waals surface area contributed by atoms with Crippen LogP contribution in [0.5, 0.6) is 0 Å². The Morgan fingerprint density at radius 3 is 2.86 bits per heavy atom. The molecule has 0 aliphatic carbocycles. The molecule has 1 fully saturated rings. The average molecular weight is 340 g/mol. The Morgan fingerprint density at radius 2 is 2.23 bits per heavy atom. The van der Waals surface area contributed by atoms with Crippen molar-refractivity contribution in [3.8, 4) is 0 Å². The number of rotatable bonds is 4. The first-order valence-corrected chi connectivity index (χ1v) is 9.62. The molecule has 6 nitrogen and oxygen atoms in total. The molecule has 120 valence electrons. The molecule has 0 aromatic carbocycles. The van der Waals surface area contributed by atoms with Crippen molar-refractivity contribution in [3.05, 3.63) is 29.2 Å². The van der Waals surface area contributed by atoms with Gasteiger partial charge < -0.3 is 0 Å². The lowest BCUT2D eigenvalue weighted by Gasteiger charge is -2.31. The maximum Gasteiger partial charge on any atom is 0.252 e. The van der Waals surface area contributed by atoms with Gasteiger partial charge >= 0.3 is 0 Å². The van der Waals surface area contributed by atoms with E-state index in [9.17, 15) is 8.42 Å². The summed E-state index contributed by atoms with van der Waals surface area (Å²) in [7, 11) is -3.37. The topological polar surface area (TPSA) is 68.1 Å². The van der Waals surface area contributed by atoms with Crippen molar-refractivity contribution >= 4 is 21.4 Å². The van der Waals surface area contributed by atoms with Gasteiger partial charge in [-0.15, -0.1) is 11.3 Å². The minimum absolute atomic E-state index is 0.285. The fourth-order valence-corrected chi connectivity index (χ4v) is 6.01. The zero-order valence-electron chi connectivity index (χ0n) is 12.8. The molecule has 3 rings (SSSR count). The largest absolute Gasteiger partial charge is 0.253 e. The number of piperidine rings is 1. The van der Waals surface area contributed by atoms with Gasteiger partial charge in [0.25, 0.3) is 10.0 Å². The molecule has 0 N–H and O–H groups in total. The maximum absolute atomic E-state index is 12.8. The average Bonchev–Trinajstić information content (AvgIpc) is 3.10. The second-order valence-corrected chi connectivity index (χ2v) is 9.21. The van der Waals surface area contributed by atoms with Crippen molar-refractivity contribution in [2.75, 3.05) is 13.1 Å². The van der Waals surface area contributed by atoms with Crippen molar-refractivity contribution in [3.63, 3.8) is 0 Å². The van der Waals surface area contributed by atoms with Gasteiger partial charge in [0, 0.05) is 24.5 Å². The minimum Gasteiger partial charge on any atom is -0.253 e. The molecule has 0 bridgehead atoms. The second kappa shape index (κ2) is 6.10. The highest BCUT2D eigenvalue weighted by molar-refractivity contribution is 7.91.